The van der Waals surface area contributed by atoms with E-state index in [0.717, 1.165) is 0 Å². The van der Waals surface area contributed by atoms with Crippen LogP contribution in [0.4, 0.5) is 0 Å². The van der Waals surface area contributed by atoms with Crippen LogP contribution >= 0.6 is 11.6 Å². The number of rotatable bonds is 5. The molecule has 0 amide bonds. The van der Waals surface area contributed by atoms with Crippen LogP contribution in [-0.4, -0.2) is 35.8 Å². The van der Waals surface area contributed by atoms with Crippen molar-refractivity contribution in [3.05, 3.63) is 28.8 Å². The summed E-state index contributed by atoms with van der Waals surface area (Å²) in [5.41, 5.74) is 0.381. The minimum Gasteiger partial charge on any atom is -0.491 e. The summed E-state index contributed by atoms with van der Waals surface area (Å²) in [7, 11) is 0. The van der Waals surface area contributed by atoms with E-state index in [2.05, 4.69) is 0 Å². The molecule has 0 saturated carbocycles. The second-order valence-electron chi connectivity index (χ2n) is 2.95. The van der Waals surface area contributed by atoms with Gasteiger partial charge in [0.15, 0.2) is 6.29 Å². The Morgan fingerprint density at radius 1 is 1.53 bits per heavy atom. The molecule has 0 radical (unpaired) electrons. The van der Waals surface area contributed by atoms with Gasteiger partial charge in [-0.1, -0.05) is 11.6 Å². The molecule has 2 N–H and O–H groups in total. The molecule has 1 atom stereocenters. The summed E-state index contributed by atoms with van der Waals surface area (Å²) in [5, 5.41) is 17.9. The molecule has 0 aromatic heterocycles. The topological polar surface area (TPSA) is 66.8 Å². The second kappa shape index (κ2) is 5.70. The lowest BCUT2D eigenvalue weighted by atomic mass is 10.2. The molecule has 4 nitrogen and oxygen atoms in total. The zero-order valence-corrected chi connectivity index (χ0v) is 8.65. The van der Waals surface area contributed by atoms with Crippen molar-refractivity contribution in [1.82, 2.24) is 0 Å². The highest BCUT2D eigenvalue weighted by Gasteiger charge is 2.05. The molecule has 0 fully saturated rings. The molecular formula is C10H11ClO4. The smallest absolute Gasteiger partial charge is 0.151 e. The summed E-state index contributed by atoms with van der Waals surface area (Å²) in [4.78, 5) is 10.5. The number of carbonyl (C=O) groups excluding carboxylic acids is 1. The van der Waals surface area contributed by atoms with Gasteiger partial charge in [0.1, 0.15) is 18.5 Å². The van der Waals surface area contributed by atoms with Crippen molar-refractivity contribution in [2.24, 2.45) is 0 Å². The quantitative estimate of drug-likeness (QED) is 0.737. The average Bonchev–Trinajstić information content (AvgIpc) is 2.26. The first-order valence-corrected chi connectivity index (χ1v) is 4.71. The maximum atomic E-state index is 10.5. The SMILES string of the molecule is O=Cc1ccc(OCC(O)CO)cc1Cl. The standard InChI is InChI=1S/C10H11ClO4/c11-10-3-9(2-1-7(10)4-12)15-6-8(14)5-13/h1-4,8,13-14H,5-6H2. The molecule has 15 heavy (non-hydrogen) atoms. The van der Waals surface area contributed by atoms with Crippen molar-refractivity contribution in [3.63, 3.8) is 0 Å². The summed E-state index contributed by atoms with van der Waals surface area (Å²) in [6.45, 7) is -0.382. The Bertz CT molecular complexity index is 340. The fourth-order valence-electron chi connectivity index (χ4n) is 0.938. The van der Waals surface area contributed by atoms with E-state index in [9.17, 15) is 4.79 Å². The Balaban J connectivity index is 2.63. The van der Waals surface area contributed by atoms with Gasteiger partial charge < -0.3 is 14.9 Å². The Labute approximate surface area is 92.1 Å². The normalized spacial score (nSPS) is 12.2. The van der Waals surface area contributed by atoms with Gasteiger partial charge in [0.2, 0.25) is 0 Å². The molecule has 0 aliphatic heterocycles. The molecule has 0 aliphatic carbocycles. The molecule has 1 aromatic carbocycles. The zero-order valence-electron chi connectivity index (χ0n) is 7.89. The van der Waals surface area contributed by atoms with Gasteiger partial charge in [0.25, 0.3) is 0 Å². The third-order valence-corrected chi connectivity index (χ3v) is 2.08. The summed E-state index contributed by atoms with van der Waals surface area (Å²) in [6, 6.07) is 4.57. The van der Waals surface area contributed by atoms with Crippen LogP contribution in [0, 0.1) is 0 Å². The number of halogens is 1. The van der Waals surface area contributed by atoms with E-state index in [4.69, 9.17) is 26.6 Å². The predicted molar refractivity (Wildman–Crippen MR) is 55.4 cm³/mol. The first-order valence-electron chi connectivity index (χ1n) is 4.34. The van der Waals surface area contributed by atoms with Crippen LogP contribution in [0.25, 0.3) is 0 Å². The van der Waals surface area contributed by atoms with Crippen molar-refractivity contribution in [3.8, 4) is 5.75 Å². The number of carbonyl (C=O) groups is 1. The van der Waals surface area contributed by atoms with Crippen LogP contribution in [0.1, 0.15) is 10.4 Å². The van der Waals surface area contributed by atoms with Crippen molar-refractivity contribution in [1.29, 1.82) is 0 Å². The third-order valence-electron chi connectivity index (χ3n) is 1.75. The Kier molecular flexibility index (Phi) is 4.55. The Morgan fingerprint density at radius 3 is 2.80 bits per heavy atom. The Morgan fingerprint density at radius 2 is 2.27 bits per heavy atom. The third kappa shape index (κ3) is 3.51. The lowest BCUT2D eigenvalue weighted by molar-refractivity contribution is 0.0536. The lowest BCUT2D eigenvalue weighted by Crippen LogP contribution is -2.21. The predicted octanol–water partition coefficient (Wildman–Crippen LogP) is 0.884. The summed E-state index contributed by atoms with van der Waals surface area (Å²) >= 11 is 5.76. The number of aliphatic hydroxyl groups excluding tert-OH is 2. The van der Waals surface area contributed by atoms with E-state index in [1.54, 1.807) is 6.07 Å². The van der Waals surface area contributed by atoms with Crippen molar-refractivity contribution in [2.75, 3.05) is 13.2 Å². The number of hydrogen-bond donors (Lipinski definition) is 2. The van der Waals surface area contributed by atoms with Gasteiger partial charge in [-0.2, -0.15) is 0 Å². The number of aldehydes is 1. The minimum absolute atomic E-state index is 0.0206. The highest BCUT2D eigenvalue weighted by atomic mass is 35.5. The maximum absolute atomic E-state index is 10.5. The maximum Gasteiger partial charge on any atom is 0.151 e. The van der Waals surface area contributed by atoms with Crippen LogP contribution < -0.4 is 4.74 Å². The molecule has 1 rings (SSSR count). The molecule has 0 saturated heterocycles. The molecule has 0 heterocycles. The van der Waals surface area contributed by atoms with Gasteiger partial charge >= 0.3 is 0 Å². The van der Waals surface area contributed by atoms with E-state index >= 15 is 0 Å². The van der Waals surface area contributed by atoms with E-state index in [1.807, 2.05) is 0 Å². The summed E-state index contributed by atoms with van der Waals surface area (Å²) in [5.74, 6) is 0.443. The van der Waals surface area contributed by atoms with E-state index in [1.165, 1.54) is 12.1 Å². The van der Waals surface area contributed by atoms with Gasteiger partial charge in [-0.3, -0.25) is 4.79 Å². The van der Waals surface area contributed by atoms with Crippen LogP contribution in [0.15, 0.2) is 18.2 Å². The van der Waals surface area contributed by atoms with Gasteiger partial charge in [-0.05, 0) is 18.2 Å². The Hall–Kier alpha value is -1.10. The van der Waals surface area contributed by atoms with Crippen molar-refractivity contribution >= 4 is 17.9 Å². The number of benzene rings is 1. The molecule has 0 spiro atoms. The zero-order chi connectivity index (χ0) is 11.3. The fraction of sp³-hybridized carbons (Fsp3) is 0.300. The highest BCUT2D eigenvalue weighted by Crippen LogP contribution is 2.21. The van der Waals surface area contributed by atoms with Crippen molar-refractivity contribution < 1.29 is 19.7 Å². The van der Waals surface area contributed by atoms with Crippen LogP contribution in [-0.2, 0) is 0 Å². The molecular weight excluding hydrogens is 220 g/mol. The van der Waals surface area contributed by atoms with Crippen LogP contribution in [0.2, 0.25) is 5.02 Å². The minimum atomic E-state index is -0.922. The van der Waals surface area contributed by atoms with Crippen LogP contribution in [0.3, 0.4) is 0 Å². The molecule has 1 aromatic rings. The molecule has 5 heteroatoms. The monoisotopic (exact) mass is 230 g/mol. The largest absolute Gasteiger partial charge is 0.491 e. The summed E-state index contributed by atoms with van der Waals surface area (Å²) < 4.78 is 5.13. The summed E-state index contributed by atoms with van der Waals surface area (Å²) in [6.07, 6.45) is -0.274. The first kappa shape index (κ1) is 12.0. The first-order chi connectivity index (χ1) is 7.17. The van der Waals surface area contributed by atoms with Gasteiger partial charge in [0.05, 0.1) is 11.6 Å². The van der Waals surface area contributed by atoms with Crippen molar-refractivity contribution in [2.45, 2.75) is 6.10 Å². The van der Waals surface area contributed by atoms with E-state index < -0.39 is 6.10 Å². The average molecular weight is 231 g/mol. The number of hydrogen-bond acceptors (Lipinski definition) is 4. The van der Waals surface area contributed by atoms with Gasteiger partial charge in [-0.15, -0.1) is 0 Å². The molecule has 1 unspecified atom stereocenters. The number of aliphatic hydroxyl groups is 2. The molecule has 82 valence electrons. The van der Waals surface area contributed by atoms with E-state index in [-0.39, 0.29) is 13.2 Å². The van der Waals surface area contributed by atoms with Gasteiger partial charge in [-0.25, -0.2) is 0 Å². The molecule has 0 bridgehead atoms. The number of ether oxygens (including phenoxy) is 1. The van der Waals surface area contributed by atoms with Crippen LogP contribution in [0.5, 0.6) is 5.75 Å². The molecule has 0 aliphatic rings. The highest BCUT2D eigenvalue weighted by molar-refractivity contribution is 6.33. The fourth-order valence-corrected chi connectivity index (χ4v) is 1.15. The lowest BCUT2D eigenvalue weighted by Gasteiger charge is -2.10. The van der Waals surface area contributed by atoms with Gasteiger partial charge in [0, 0.05) is 5.56 Å². The van der Waals surface area contributed by atoms with E-state index in [0.29, 0.717) is 22.6 Å². The second-order valence-corrected chi connectivity index (χ2v) is 3.36.